The lowest BCUT2D eigenvalue weighted by molar-refractivity contribution is -0.118. The summed E-state index contributed by atoms with van der Waals surface area (Å²) in [6.45, 7) is 4.63. The average molecular weight is 396 g/mol. The third-order valence-corrected chi connectivity index (χ3v) is 5.01. The molecule has 0 unspecified atom stereocenters. The van der Waals surface area contributed by atoms with E-state index in [1.54, 1.807) is 38.1 Å². The number of Topliss-reactive ketones (excluding diaryl/α,β-unsaturated/α-hetero) is 1. The second-order valence-corrected chi connectivity index (χ2v) is 6.73. The van der Waals surface area contributed by atoms with Crippen LogP contribution in [0.4, 0.5) is 5.00 Å². The topological polar surface area (TPSA) is 81.7 Å². The number of para-hydroxylation sites is 1. The highest BCUT2D eigenvalue weighted by atomic mass is 35.5. The summed E-state index contributed by atoms with van der Waals surface area (Å²) in [5, 5.41) is 3.26. The Balaban J connectivity index is 2.18. The van der Waals surface area contributed by atoms with E-state index in [4.69, 9.17) is 21.1 Å². The molecular weight excluding hydrogens is 378 g/mol. The molecule has 0 bridgehead atoms. The SMILES string of the molecule is CCOC(=O)c1c(NC(=O)COc2ccccc2Cl)sc(C(C)=O)c1C. The molecule has 2 rings (SSSR count). The Labute approximate surface area is 160 Å². The summed E-state index contributed by atoms with van der Waals surface area (Å²) in [4.78, 5) is 36.6. The zero-order valence-electron chi connectivity index (χ0n) is 14.6. The zero-order valence-corrected chi connectivity index (χ0v) is 16.1. The van der Waals surface area contributed by atoms with Gasteiger partial charge in [-0.1, -0.05) is 23.7 Å². The van der Waals surface area contributed by atoms with E-state index in [1.807, 2.05) is 0 Å². The largest absolute Gasteiger partial charge is 0.482 e. The standard InChI is InChI=1S/C18H18ClNO5S/c1-4-24-18(23)15-10(2)16(11(3)21)26-17(15)20-14(22)9-25-13-8-6-5-7-12(13)19/h5-8H,4,9H2,1-3H3,(H,20,22). The average Bonchev–Trinajstić information content (AvgIpc) is 2.90. The third-order valence-electron chi connectivity index (χ3n) is 3.39. The van der Waals surface area contributed by atoms with Crippen molar-refractivity contribution in [2.75, 3.05) is 18.5 Å². The molecule has 1 aromatic carbocycles. The van der Waals surface area contributed by atoms with E-state index in [1.165, 1.54) is 6.92 Å². The number of carbonyl (C=O) groups excluding carboxylic acids is 3. The van der Waals surface area contributed by atoms with Gasteiger partial charge in [0.1, 0.15) is 10.8 Å². The summed E-state index contributed by atoms with van der Waals surface area (Å²) in [5.74, 6) is -0.879. The second kappa shape index (κ2) is 8.82. The van der Waals surface area contributed by atoms with Crippen molar-refractivity contribution in [3.63, 3.8) is 0 Å². The van der Waals surface area contributed by atoms with Crippen molar-refractivity contribution in [2.45, 2.75) is 20.8 Å². The molecule has 6 nitrogen and oxygen atoms in total. The van der Waals surface area contributed by atoms with Gasteiger partial charge in [-0.05, 0) is 38.5 Å². The second-order valence-electron chi connectivity index (χ2n) is 5.30. The number of halogens is 1. The summed E-state index contributed by atoms with van der Waals surface area (Å²) in [7, 11) is 0. The van der Waals surface area contributed by atoms with Gasteiger partial charge in [0.05, 0.1) is 22.1 Å². The Morgan fingerprint density at radius 3 is 2.54 bits per heavy atom. The van der Waals surface area contributed by atoms with Crippen LogP contribution >= 0.6 is 22.9 Å². The zero-order chi connectivity index (χ0) is 19.3. The van der Waals surface area contributed by atoms with Crippen molar-refractivity contribution < 1.29 is 23.9 Å². The number of benzene rings is 1. The first-order chi connectivity index (χ1) is 12.3. The van der Waals surface area contributed by atoms with Gasteiger partial charge in [-0.3, -0.25) is 9.59 Å². The maximum atomic E-state index is 12.2. The first-order valence-corrected chi connectivity index (χ1v) is 9.03. The van der Waals surface area contributed by atoms with Gasteiger partial charge in [0.15, 0.2) is 12.4 Å². The van der Waals surface area contributed by atoms with Crippen molar-refractivity contribution in [1.29, 1.82) is 0 Å². The van der Waals surface area contributed by atoms with E-state index in [-0.39, 0.29) is 29.6 Å². The molecule has 0 fully saturated rings. The van der Waals surface area contributed by atoms with Crippen LogP contribution in [0.15, 0.2) is 24.3 Å². The van der Waals surface area contributed by atoms with E-state index in [0.29, 0.717) is 21.2 Å². The molecule has 8 heteroatoms. The minimum Gasteiger partial charge on any atom is -0.482 e. The first-order valence-electron chi connectivity index (χ1n) is 7.83. The maximum absolute atomic E-state index is 12.2. The van der Waals surface area contributed by atoms with Gasteiger partial charge in [0.2, 0.25) is 0 Å². The highest BCUT2D eigenvalue weighted by Gasteiger charge is 2.25. The number of hydrogen-bond donors (Lipinski definition) is 1. The number of ether oxygens (including phenoxy) is 2. The number of esters is 1. The minimum absolute atomic E-state index is 0.187. The molecule has 1 N–H and O–H groups in total. The van der Waals surface area contributed by atoms with Crippen molar-refractivity contribution >= 4 is 45.6 Å². The van der Waals surface area contributed by atoms with Gasteiger partial charge in [-0.2, -0.15) is 0 Å². The normalized spacial score (nSPS) is 10.3. The van der Waals surface area contributed by atoms with Crippen molar-refractivity contribution in [3.8, 4) is 5.75 Å². The Morgan fingerprint density at radius 1 is 1.23 bits per heavy atom. The fraction of sp³-hybridized carbons (Fsp3) is 0.278. The number of carbonyl (C=O) groups is 3. The van der Waals surface area contributed by atoms with Crippen LogP contribution in [-0.4, -0.2) is 30.9 Å². The van der Waals surface area contributed by atoms with Crippen molar-refractivity contribution in [3.05, 3.63) is 45.3 Å². The molecule has 1 aromatic heterocycles. The maximum Gasteiger partial charge on any atom is 0.341 e. The molecule has 0 atom stereocenters. The van der Waals surface area contributed by atoms with Crippen molar-refractivity contribution in [1.82, 2.24) is 0 Å². The number of anilines is 1. The number of thiophene rings is 1. The predicted molar refractivity (Wildman–Crippen MR) is 101 cm³/mol. The van der Waals surface area contributed by atoms with Crippen LogP contribution in [-0.2, 0) is 9.53 Å². The fourth-order valence-corrected chi connectivity index (χ4v) is 3.55. The Hall–Kier alpha value is -2.38. The summed E-state index contributed by atoms with van der Waals surface area (Å²) in [5.41, 5.74) is 0.677. The summed E-state index contributed by atoms with van der Waals surface area (Å²) in [6, 6.07) is 6.77. The quantitative estimate of drug-likeness (QED) is 0.563. The molecule has 0 radical (unpaired) electrons. The van der Waals surface area contributed by atoms with E-state index in [2.05, 4.69) is 5.32 Å². The molecule has 0 saturated carbocycles. The first kappa shape index (κ1) is 19.9. The molecule has 26 heavy (non-hydrogen) atoms. The lowest BCUT2D eigenvalue weighted by Gasteiger charge is -2.09. The van der Waals surface area contributed by atoms with E-state index >= 15 is 0 Å². The number of rotatable bonds is 7. The fourth-order valence-electron chi connectivity index (χ4n) is 2.25. The smallest absolute Gasteiger partial charge is 0.341 e. The van der Waals surface area contributed by atoms with Gasteiger partial charge in [-0.25, -0.2) is 4.79 Å². The van der Waals surface area contributed by atoms with Gasteiger partial charge in [-0.15, -0.1) is 11.3 Å². The van der Waals surface area contributed by atoms with Crippen LogP contribution in [0, 0.1) is 6.92 Å². The summed E-state index contributed by atoms with van der Waals surface area (Å²) < 4.78 is 10.4. The highest BCUT2D eigenvalue weighted by Crippen LogP contribution is 2.34. The van der Waals surface area contributed by atoms with Crippen LogP contribution in [0.1, 0.15) is 39.4 Å². The van der Waals surface area contributed by atoms with E-state index in [0.717, 1.165) is 11.3 Å². The van der Waals surface area contributed by atoms with Crippen LogP contribution in [0.25, 0.3) is 0 Å². The molecular formula is C18H18ClNO5S. The molecule has 2 aromatic rings. The Kier molecular flexibility index (Phi) is 6.76. The molecule has 0 aliphatic heterocycles. The Bertz CT molecular complexity index is 846. The number of amides is 1. The van der Waals surface area contributed by atoms with Crippen molar-refractivity contribution in [2.24, 2.45) is 0 Å². The van der Waals surface area contributed by atoms with Crippen LogP contribution < -0.4 is 10.1 Å². The molecule has 138 valence electrons. The van der Waals surface area contributed by atoms with Gasteiger partial charge < -0.3 is 14.8 Å². The monoisotopic (exact) mass is 395 g/mol. The Morgan fingerprint density at radius 2 is 1.92 bits per heavy atom. The molecule has 0 saturated heterocycles. The molecule has 1 amide bonds. The number of hydrogen-bond acceptors (Lipinski definition) is 6. The van der Waals surface area contributed by atoms with Crippen LogP contribution in [0.3, 0.4) is 0 Å². The highest BCUT2D eigenvalue weighted by molar-refractivity contribution is 7.18. The van der Waals surface area contributed by atoms with Crippen LogP contribution in [0.5, 0.6) is 5.75 Å². The molecule has 0 spiro atoms. The van der Waals surface area contributed by atoms with Gasteiger partial charge in [0, 0.05) is 0 Å². The van der Waals surface area contributed by atoms with Gasteiger partial charge >= 0.3 is 5.97 Å². The lowest BCUT2D eigenvalue weighted by atomic mass is 10.1. The lowest BCUT2D eigenvalue weighted by Crippen LogP contribution is -2.21. The summed E-state index contributed by atoms with van der Waals surface area (Å²) >= 11 is 7.01. The molecule has 0 aliphatic rings. The van der Waals surface area contributed by atoms with E-state index < -0.39 is 11.9 Å². The molecule has 1 heterocycles. The minimum atomic E-state index is -0.587. The van der Waals surface area contributed by atoms with Crippen LogP contribution in [0.2, 0.25) is 5.02 Å². The van der Waals surface area contributed by atoms with E-state index in [9.17, 15) is 14.4 Å². The van der Waals surface area contributed by atoms with Gasteiger partial charge in [0.25, 0.3) is 5.91 Å². The number of nitrogens with one attached hydrogen (secondary N) is 1. The number of ketones is 1. The molecule has 0 aliphatic carbocycles. The third kappa shape index (κ3) is 4.62. The predicted octanol–water partition coefficient (Wildman–Crippen LogP) is 4.11. The summed E-state index contributed by atoms with van der Waals surface area (Å²) in [6.07, 6.45) is 0.